The molecule has 0 spiro atoms. The lowest BCUT2D eigenvalue weighted by molar-refractivity contribution is -0.145. The Morgan fingerprint density at radius 1 is 1.50 bits per heavy atom. The van der Waals surface area contributed by atoms with Crippen molar-refractivity contribution in [2.24, 2.45) is 5.92 Å². The van der Waals surface area contributed by atoms with Crippen molar-refractivity contribution in [3.05, 3.63) is 29.3 Å². The molecule has 1 atom stereocenters. The Labute approximate surface area is 106 Å². The van der Waals surface area contributed by atoms with Crippen LogP contribution in [0.1, 0.15) is 31.4 Å². The second kappa shape index (κ2) is 5.21. The summed E-state index contributed by atoms with van der Waals surface area (Å²) in [7, 11) is 0. The van der Waals surface area contributed by atoms with E-state index < -0.39 is 0 Å². The van der Waals surface area contributed by atoms with Gasteiger partial charge in [-0.25, -0.2) is 0 Å². The lowest BCUT2D eigenvalue weighted by Gasteiger charge is -2.19. The molecular weight excluding hydrogens is 232 g/mol. The number of ether oxygens (including phenoxy) is 2. The average Bonchev–Trinajstić information content (AvgIpc) is 2.37. The van der Waals surface area contributed by atoms with Crippen molar-refractivity contribution >= 4 is 11.9 Å². The molecule has 0 saturated carbocycles. The standard InChI is InChI=1S/C14H16O4/c1-3-9(2)14(16)18-12-6-4-5-10-7-13(15)17-8-11(10)12/h4-6,9H,3,7-8H2,1-2H3. The molecule has 4 nitrogen and oxygen atoms in total. The highest BCUT2D eigenvalue weighted by Gasteiger charge is 2.22. The minimum absolute atomic E-state index is 0.132. The van der Waals surface area contributed by atoms with E-state index in [9.17, 15) is 9.59 Å². The first-order valence-corrected chi connectivity index (χ1v) is 6.10. The van der Waals surface area contributed by atoms with Gasteiger partial charge in [0.2, 0.25) is 0 Å². The third-order valence-corrected chi connectivity index (χ3v) is 3.17. The number of cyclic esters (lactones) is 1. The number of carbonyl (C=O) groups excluding carboxylic acids is 2. The topological polar surface area (TPSA) is 52.6 Å². The zero-order chi connectivity index (χ0) is 13.1. The van der Waals surface area contributed by atoms with E-state index in [4.69, 9.17) is 9.47 Å². The minimum Gasteiger partial charge on any atom is -0.460 e. The van der Waals surface area contributed by atoms with Crippen LogP contribution < -0.4 is 4.74 Å². The summed E-state index contributed by atoms with van der Waals surface area (Å²) in [6, 6.07) is 5.38. The zero-order valence-electron chi connectivity index (χ0n) is 10.6. The van der Waals surface area contributed by atoms with E-state index in [1.165, 1.54) is 0 Å². The fourth-order valence-corrected chi connectivity index (χ4v) is 1.77. The zero-order valence-corrected chi connectivity index (χ0v) is 10.6. The van der Waals surface area contributed by atoms with E-state index in [2.05, 4.69) is 0 Å². The molecule has 0 N–H and O–H groups in total. The molecule has 2 rings (SSSR count). The van der Waals surface area contributed by atoms with Crippen LogP contribution in [0.25, 0.3) is 0 Å². The van der Waals surface area contributed by atoms with Gasteiger partial charge in [0.1, 0.15) is 12.4 Å². The summed E-state index contributed by atoms with van der Waals surface area (Å²) in [6.07, 6.45) is 0.979. The second-order valence-electron chi connectivity index (χ2n) is 4.46. The van der Waals surface area contributed by atoms with E-state index in [1.54, 1.807) is 12.1 Å². The van der Waals surface area contributed by atoms with E-state index in [0.717, 1.165) is 17.5 Å². The first kappa shape index (κ1) is 12.6. The minimum atomic E-state index is -0.247. The molecular formula is C14H16O4. The number of hydrogen-bond donors (Lipinski definition) is 0. The number of esters is 2. The van der Waals surface area contributed by atoms with Crippen LogP contribution >= 0.6 is 0 Å². The number of benzene rings is 1. The molecule has 18 heavy (non-hydrogen) atoms. The number of hydrogen-bond acceptors (Lipinski definition) is 4. The van der Waals surface area contributed by atoms with Crippen LogP contribution in [0.3, 0.4) is 0 Å². The first-order valence-electron chi connectivity index (χ1n) is 6.10. The first-order chi connectivity index (χ1) is 8.61. The van der Waals surface area contributed by atoms with Gasteiger partial charge in [-0.1, -0.05) is 26.0 Å². The Bertz CT molecular complexity index is 479. The summed E-state index contributed by atoms with van der Waals surface area (Å²) in [5, 5.41) is 0. The van der Waals surface area contributed by atoms with Gasteiger partial charge in [0.15, 0.2) is 0 Å². The van der Waals surface area contributed by atoms with Crippen molar-refractivity contribution < 1.29 is 19.1 Å². The van der Waals surface area contributed by atoms with Gasteiger partial charge in [-0.2, -0.15) is 0 Å². The fraction of sp³-hybridized carbons (Fsp3) is 0.429. The van der Waals surface area contributed by atoms with Gasteiger partial charge in [-0.15, -0.1) is 0 Å². The maximum atomic E-state index is 11.8. The highest BCUT2D eigenvalue weighted by Crippen LogP contribution is 2.28. The van der Waals surface area contributed by atoms with Crippen LogP contribution in [-0.2, 0) is 27.4 Å². The molecule has 0 radical (unpaired) electrons. The number of rotatable bonds is 3. The predicted octanol–water partition coefficient (Wildman–Crippen LogP) is 2.24. The third kappa shape index (κ3) is 2.53. The van der Waals surface area contributed by atoms with Crippen molar-refractivity contribution in [2.75, 3.05) is 0 Å². The van der Waals surface area contributed by atoms with Crippen LogP contribution in [0.4, 0.5) is 0 Å². The van der Waals surface area contributed by atoms with E-state index in [1.807, 2.05) is 19.9 Å². The van der Waals surface area contributed by atoms with Crippen LogP contribution in [-0.4, -0.2) is 11.9 Å². The van der Waals surface area contributed by atoms with Gasteiger partial charge < -0.3 is 9.47 Å². The Kier molecular flexibility index (Phi) is 3.65. The maximum absolute atomic E-state index is 11.8. The highest BCUT2D eigenvalue weighted by atomic mass is 16.5. The molecule has 0 fully saturated rings. The molecule has 0 bridgehead atoms. The summed E-state index contributed by atoms with van der Waals surface area (Å²) in [5.41, 5.74) is 1.68. The Morgan fingerprint density at radius 2 is 2.28 bits per heavy atom. The molecule has 0 saturated heterocycles. The van der Waals surface area contributed by atoms with Crippen molar-refractivity contribution in [2.45, 2.75) is 33.3 Å². The molecule has 1 aliphatic heterocycles. The molecule has 1 aromatic rings. The molecule has 1 aliphatic rings. The van der Waals surface area contributed by atoms with Gasteiger partial charge in [0, 0.05) is 5.56 Å². The number of carbonyl (C=O) groups is 2. The monoisotopic (exact) mass is 248 g/mol. The largest absolute Gasteiger partial charge is 0.460 e. The van der Waals surface area contributed by atoms with E-state index in [0.29, 0.717) is 5.75 Å². The lowest BCUT2D eigenvalue weighted by atomic mass is 10.0. The summed E-state index contributed by atoms with van der Waals surface area (Å²) >= 11 is 0. The van der Waals surface area contributed by atoms with E-state index in [-0.39, 0.29) is 30.9 Å². The summed E-state index contributed by atoms with van der Waals surface area (Å²) < 4.78 is 10.4. The maximum Gasteiger partial charge on any atom is 0.314 e. The SMILES string of the molecule is CCC(C)C(=O)Oc1cccc2c1COC(=O)C2. The van der Waals surface area contributed by atoms with Gasteiger partial charge in [-0.3, -0.25) is 9.59 Å². The molecule has 1 aromatic carbocycles. The average molecular weight is 248 g/mol. The van der Waals surface area contributed by atoms with Crippen LogP contribution in [0.2, 0.25) is 0 Å². The summed E-state index contributed by atoms with van der Waals surface area (Å²) in [4.78, 5) is 22.9. The van der Waals surface area contributed by atoms with Crippen LogP contribution in [0.15, 0.2) is 18.2 Å². The van der Waals surface area contributed by atoms with Crippen molar-refractivity contribution in [3.8, 4) is 5.75 Å². The van der Waals surface area contributed by atoms with Crippen LogP contribution in [0.5, 0.6) is 5.75 Å². The molecule has 1 unspecified atom stereocenters. The fourth-order valence-electron chi connectivity index (χ4n) is 1.77. The molecule has 0 amide bonds. The van der Waals surface area contributed by atoms with Gasteiger partial charge >= 0.3 is 11.9 Å². The van der Waals surface area contributed by atoms with Gasteiger partial charge in [0.05, 0.1) is 12.3 Å². The Hall–Kier alpha value is -1.84. The Morgan fingerprint density at radius 3 is 3.00 bits per heavy atom. The highest BCUT2D eigenvalue weighted by molar-refractivity contribution is 5.77. The molecule has 1 heterocycles. The van der Waals surface area contributed by atoms with Crippen molar-refractivity contribution in [1.82, 2.24) is 0 Å². The van der Waals surface area contributed by atoms with E-state index >= 15 is 0 Å². The molecule has 0 aliphatic carbocycles. The Balaban J connectivity index is 2.22. The normalized spacial score (nSPS) is 15.6. The second-order valence-corrected chi connectivity index (χ2v) is 4.46. The predicted molar refractivity (Wildman–Crippen MR) is 65.0 cm³/mol. The van der Waals surface area contributed by atoms with Crippen LogP contribution in [0, 0.1) is 5.92 Å². The number of fused-ring (bicyclic) bond motifs is 1. The smallest absolute Gasteiger partial charge is 0.314 e. The summed E-state index contributed by atoms with van der Waals surface area (Å²) in [6.45, 7) is 3.95. The van der Waals surface area contributed by atoms with Gasteiger partial charge in [-0.05, 0) is 18.1 Å². The lowest BCUT2D eigenvalue weighted by Crippen LogP contribution is -2.21. The van der Waals surface area contributed by atoms with Crippen molar-refractivity contribution in [1.29, 1.82) is 0 Å². The summed E-state index contributed by atoms with van der Waals surface area (Å²) in [5.74, 6) is -0.118. The molecule has 0 aromatic heterocycles. The van der Waals surface area contributed by atoms with Crippen molar-refractivity contribution in [3.63, 3.8) is 0 Å². The molecule has 4 heteroatoms. The third-order valence-electron chi connectivity index (χ3n) is 3.17. The van der Waals surface area contributed by atoms with Gasteiger partial charge in [0.25, 0.3) is 0 Å². The quantitative estimate of drug-likeness (QED) is 0.608. The molecule has 96 valence electrons.